The van der Waals surface area contributed by atoms with E-state index in [1.165, 1.54) is 32.8 Å². The molecule has 1 aromatic rings. The Morgan fingerprint density at radius 2 is 2.04 bits per heavy atom. The van der Waals surface area contributed by atoms with Gasteiger partial charge in [-0.25, -0.2) is 4.79 Å². The number of aryl methyl sites for hydroxylation is 1. The van der Waals surface area contributed by atoms with Gasteiger partial charge < -0.3 is 20.1 Å². The largest absolute Gasteiger partial charge is 0.482 e. The molecule has 1 aliphatic carbocycles. The predicted octanol–water partition coefficient (Wildman–Crippen LogP) is 2.83. The van der Waals surface area contributed by atoms with Crippen LogP contribution in [0.4, 0.5) is 5.69 Å². The normalized spacial score (nSPS) is 24.2. The fraction of sp³-hybridized carbons (Fsp3) is 0.579. The average Bonchev–Trinajstić information content (AvgIpc) is 3.06. The minimum atomic E-state index is -0.427. The van der Waals surface area contributed by atoms with Crippen molar-refractivity contribution >= 4 is 30.0 Å². The molecule has 3 unspecified atom stereocenters. The third kappa shape index (κ3) is 4.89. The van der Waals surface area contributed by atoms with Gasteiger partial charge in [0.05, 0.1) is 13.2 Å². The summed E-state index contributed by atoms with van der Waals surface area (Å²) in [6.45, 7) is 1.78. The molecule has 2 aliphatic rings. The summed E-state index contributed by atoms with van der Waals surface area (Å²) in [5, 5.41) is 6.51. The Balaban J connectivity index is 0.00000243. The lowest BCUT2D eigenvalue weighted by Gasteiger charge is -2.24. The highest BCUT2D eigenvalue weighted by atomic mass is 35.5. The molecule has 3 rings (SSSR count). The van der Waals surface area contributed by atoms with E-state index < -0.39 is 5.97 Å². The zero-order chi connectivity index (χ0) is 17.8. The summed E-state index contributed by atoms with van der Waals surface area (Å²) in [7, 11) is 1.32. The first kappa shape index (κ1) is 20.5. The molecule has 1 saturated carbocycles. The van der Waals surface area contributed by atoms with Crippen molar-refractivity contribution in [2.75, 3.05) is 19.0 Å². The second kappa shape index (κ2) is 9.24. The number of rotatable bonds is 5. The van der Waals surface area contributed by atoms with E-state index in [9.17, 15) is 9.59 Å². The zero-order valence-corrected chi connectivity index (χ0v) is 16.1. The molecule has 0 bridgehead atoms. The summed E-state index contributed by atoms with van der Waals surface area (Å²) in [4.78, 5) is 23.7. The van der Waals surface area contributed by atoms with Crippen molar-refractivity contribution in [2.24, 2.45) is 5.92 Å². The lowest BCUT2D eigenvalue weighted by Crippen LogP contribution is -2.40. The number of carbonyl (C=O) groups excluding carboxylic acids is 2. The predicted molar refractivity (Wildman–Crippen MR) is 102 cm³/mol. The average molecular weight is 383 g/mol. The van der Waals surface area contributed by atoms with Gasteiger partial charge in [0.1, 0.15) is 5.75 Å². The Morgan fingerprint density at radius 3 is 2.73 bits per heavy atom. The highest BCUT2D eigenvalue weighted by molar-refractivity contribution is 5.95. The highest BCUT2D eigenvalue weighted by Gasteiger charge is 2.38. The van der Waals surface area contributed by atoms with Crippen LogP contribution in [-0.2, 0) is 14.3 Å². The molecule has 1 amide bonds. The molecule has 7 heteroatoms. The number of anilines is 1. The number of ether oxygens (including phenoxy) is 2. The van der Waals surface area contributed by atoms with E-state index in [4.69, 9.17) is 4.74 Å². The van der Waals surface area contributed by atoms with E-state index in [1.807, 2.05) is 13.0 Å². The molecule has 0 spiro atoms. The first-order valence-corrected chi connectivity index (χ1v) is 8.94. The van der Waals surface area contributed by atoms with E-state index in [0.29, 0.717) is 17.7 Å². The van der Waals surface area contributed by atoms with Crippen LogP contribution in [-0.4, -0.2) is 37.7 Å². The molecule has 2 N–H and O–H groups in total. The Labute approximate surface area is 160 Å². The molecule has 1 heterocycles. The van der Waals surface area contributed by atoms with E-state index in [0.717, 1.165) is 17.7 Å². The highest BCUT2D eigenvalue weighted by Crippen LogP contribution is 2.33. The topological polar surface area (TPSA) is 76.7 Å². The second-order valence-corrected chi connectivity index (χ2v) is 6.94. The molecule has 0 aromatic heterocycles. The van der Waals surface area contributed by atoms with Crippen LogP contribution in [0.2, 0.25) is 0 Å². The quantitative estimate of drug-likeness (QED) is 0.766. The van der Waals surface area contributed by atoms with Gasteiger partial charge in [0.25, 0.3) is 0 Å². The van der Waals surface area contributed by atoms with Gasteiger partial charge in [-0.15, -0.1) is 12.4 Å². The van der Waals surface area contributed by atoms with Crippen molar-refractivity contribution in [3.8, 4) is 5.75 Å². The second-order valence-electron chi connectivity index (χ2n) is 6.94. The summed E-state index contributed by atoms with van der Waals surface area (Å²) >= 11 is 0. The van der Waals surface area contributed by atoms with Crippen LogP contribution < -0.4 is 15.4 Å². The van der Waals surface area contributed by atoms with Gasteiger partial charge in [0.15, 0.2) is 6.61 Å². The number of hydrogen-bond acceptors (Lipinski definition) is 5. The number of nitrogens with one attached hydrogen (secondary N) is 2. The molecule has 144 valence electrons. The number of methoxy groups -OCH3 is 1. The number of halogens is 1. The number of esters is 1. The first-order chi connectivity index (χ1) is 12.1. The van der Waals surface area contributed by atoms with Crippen molar-refractivity contribution in [1.82, 2.24) is 5.32 Å². The Morgan fingerprint density at radius 1 is 1.27 bits per heavy atom. The molecule has 1 aliphatic heterocycles. The first-order valence-electron chi connectivity index (χ1n) is 8.94. The van der Waals surface area contributed by atoms with Gasteiger partial charge in [-0.3, -0.25) is 4.79 Å². The van der Waals surface area contributed by atoms with Crippen molar-refractivity contribution in [2.45, 2.75) is 51.1 Å². The summed E-state index contributed by atoms with van der Waals surface area (Å²) in [6, 6.07) is 5.75. The summed E-state index contributed by atoms with van der Waals surface area (Å²) in [5.74, 6) is 0.815. The maximum atomic E-state index is 12.6. The van der Waals surface area contributed by atoms with Crippen LogP contribution in [0.5, 0.6) is 5.75 Å². The molecule has 1 saturated heterocycles. The number of amides is 1. The third-order valence-corrected chi connectivity index (χ3v) is 5.22. The van der Waals surface area contributed by atoms with Crippen LogP contribution >= 0.6 is 12.4 Å². The molecular weight excluding hydrogens is 356 g/mol. The fourth-order valence-electron chi connectivity index (χ4n) is 3.81. The fourth-order valence-corrected chi connectivity index (χ4v) is 3.81. The lowest BCUT2D eigenvalue weighted by molar-refractivity contribution is -0.142. The summed E-state index contributed by atoms with van der Waals surface area (Å²) in [6.07, 6.45) is 5.88. The number of carbonyl (C=O) groups is 2. The van der Waals surface area contributed by atoms with Crippen LogP contribution in [0.25, 0.3) is 0 Å². The Bertz CT molecular complexity index is 638. The Hall–Kier alpha value is -1.79. The van der Waals surface area contributed by atoms with Gasteiger partial charge in [-0.1, -0.05) is 12.8 Å². The molecule has 2 fully saturated rings. The molecule has 6 nitrogen and oxygen atoms in total. The van der Waals surface area contributed by atoms with Crippen LogP contribution in [0.15, 0.2) is 18.2 Å². The van der Waals surface area contributed by atoms with Gasteiger partial charge in [-0.05, 0) is 55.9 Å². The summed E-state index contributed by atoms with van der Waals surface area (Å²) in [5.41, 5.74) is 1.67. The van der Waals surface area contributed by atoms with Gasteiger partial charge >= 0.3 is 5.97 Å². The van der Waals surface area contributed by atoms with E-state index >= 15 is 0 Å². The molecule has 26 heavy (non-hydrogen) atoms. The van der Waals surface area contributed by atoms with Crippen LogP contribution in [0.3, 0.4) is 0 Å². The number of fused-ring (bicyclic) bond motifs is 1. The molecule has 3 atom stereocenters. The van der Waals surface area contributed by atoms with Crippen molar-refractivity contribution in [1.29, 1.82) is 0 Å². The molecular formula is C19H27ClN2O4. The summed E-state index contributed by atoms with van der Waals surface area (Å²) < 4.78 is 9.91. The van der Waals surface area contributed by atoms with Crippen LogP contribution in [0.1, 0.15) is 37.7 Å². The zero-order valence-electron chi connectivity index (χ0n) is 15.2. The third-order valence-electron chi connectivity index (χ3n) is 5.22. The number of hydrogen-bond donors (Lipinski definition) is 2. The Kier molecular flexibility index (Phi) is 7.29. The molecule has 0 radical (unpaired) electrons. The van der Waals surface area contributed by atoms with Crippen molar-refractivity contribution in [3.63, 3.8) is 0 Å². The minimum absolute atomic E-state index is 0. The smallest absolute Gasteiger partial charge is 0.343 e. The minimum Gasteiger partial charge on any atom is -0.482 e. The number of benzene rings is 1. The van der Waals surface area contributed by atoms with Gasteiger partial charge in [0, 0.05) is 11.7 Å². The standard InChI is InChI=1S/C19H26N2O4.ClH/c1-12-9-14(25-11-18(22)24-2)7-8-15(12)21-19(23)17-10-13-5-3-4-6-16(13)20-17;/h7-9,13,16-17,20H,3-6,10-11H2,1-2H3,(H,21,23);1H. The van der Waals surface area contributed by atoms with Crippen molar-refractivity contribution in [3.05, 3.63) is 23.8 Å². The maximum absolute atomic E-state index is 12.6. The van der Waals surface area contributed by atoms with Gasteiger partial charge in [-0.2, -0.15) is 0 Å². The van der Waals surface area contributed by atoms with E-state index in [1.54, 1.807) is 12.1 Å². The van der Waals surface area contributed by atoms with Gasteiger partial charge in [0.2, 0.25) is 5.91 Å². The molecule has 1 aromatic carbocycles. The van der Waals surface area contributed by atoms with Crippen molar-refractivity contribution < 1.29 is 19.1 Å². The van der Waals surface area contributed by atoms with E-state index in [-0.39, 0.29) is 31.0 Å². The monoisotopic (exact) mass is 382 g/mol. The SMILES string of the molecule is COC(=O)COc1ccc(NC(=O)C2CC3CCCCC3N2)c(C)c1.Cl. The maximum Gasteiger partial charge on any atom is 0.343 e. The van der Waals surface area contributed by atoms with E-state index in [2.05, 4.69) is 15.4 Å². The lowest BCUT2D eigenvalue weighted by atomic mass is 9.85. The van der Waals surface area contributed by atoms with Crippen LogP contribution in [0, 0.1) is 12.8 Å².